The van der Waals surface area contributed by atoms with Crippen LogP contribution in [-0.2, 0) is 11.3 Å². The highest BCUT2D eigenvalue weighted by atomic mass is 16.5. The average Bonchev–Trinajstić information content (AvgIpc) is 2.30. The van der Waals surface area contributed by atoms with E-state index in [0.29, 0.717) is 6.54 Å². The summed E-state index contributed by atoms with van der Waals surface area (Å²) in [6.07, 6.45) is 0.158. The van der Waals surface area contributed by atoms with Gasteiger partial charge in [0.25, 0.3) is 0 Å². The largest absolute Gasteiger partial charge is 0.496 e. The van der Waals surface area contributed by atoms with Crippen molar-refractivity contribution in [1.82, 2.24) is 4.90 Å². The number of amides is 1. The normalized spacial score (nSPS) is 9.94. The van der Waals surface area contributed by atoms with Gasteiger partial charge in [0.15, 0.2) is 0 Å². The average molecular weight is 223 g/mol. The molecule has 0 heterocycles. The Morgan fingerprint density at radius 3 is 2.75 bits per heavy atom. The van der Waals surface area contributed by atoms with Crippen molar-refractivity contribution in [3.05, 3.63) is 29.8 Å². The molecule has 0 aliphatic carbocycles. The van der Waals surface area contributed by atoms with Crippen molar-refractivity contribution in [2.24, 2.45) is 0 Å². The van der Waals surface area contributed by atoms with Crippen molar-refractivity contribution in [1.29, 1.82) is 0 Å². The predicted octanol–water partition coefficient (Wildman–Crippen LogP) is 1.04. The molecule has 4 nitrogen and oxygen atoms in total. The number of ether oxygens (including phenoxy) is 1. The lowest BCUT2D eigenvalue weighted by Crippen LogP contribution is -2.26. The Morgan fingerprint density at radius 2 is 2.12 bits per heavy atom. The fraction of sp³-hybridized carbons (Fsp3) is 0.417. The van der Waals surface area contributed by atoms with E-state index in [-0.39, 0.29) is 18.9 Å². The van der Waals surface area contributed by atoms with Crippen LogP contribution < -0.4 is 4.74 Å². The summed E-state index contributed by atoms with van der Waals surface area (Å²) in [5.41, 5.74) is 0.957. The minimum Gasteiger partial charge on any atom is -0.496 e. The Labute approximate surface area is 95.5 Å². The van der Waals surface area contributed by atoms with Crippen molar-refractivity contribution in [2.75, 3.05) is 20.8 Å². The smallest absolute Gasteiger partial charge is 0.224 e. The molecule has 0 saturated carbocycles. The Kier molecular flexibility index (Phi) is 4.79. The first-order valence-corrected chi connectivity index (χ1v) is 5.15. The zero-order valence-electron chi connectivity index (χ0n) is 9.64. The van der Waals surface area contributed by atoms with Crippen LogP contribution in [0.2, 0.25) is 0 Å². The highest BCUT2D eigenvalue weighted by Crippen LogP contribution is 2.18. The molecule has 0 fully saturated rings. The lowest BCUT2D eigenvalue weighted by Gasteiger charge is -2.18. The van der Waals surface area contributed by atoms with Crippen LogP contribution in [0, 0.1) is 0 Å². The molecule has 1 amide bonds. The molecule has 1 aromatic carbocycles. The number of carbonyl (C=O) groups excluding carboxylic acids is 1. The van der Waals surface area contributed by atoms with Gasteiger partial charge in [-0.1, -0.05) is 18.2 Å². The number of hydrogen-bond acceptors (Lipinski definition) is 3. The zero-order chi connectivity index (χ0) is 12.0. The fourth-order valence-corrected chi connectivity index (χ4v) is 1.46. The van der Waals surface area contributed by atoms with Crippen LogP contribution in [0.1, 0.15) is 12.0 Å². The molecule has 1 rings (SSSR count). The van der Waals surface area contributed by atoms with E-state index in [1.165, 1.54) is 0 Å². The molecular weight excluding hydrogens is 206 g/mol. The van der Waals surface area contributed by atoms with E-state index in [9.17, 15) is 4.79 Å². The second kappa shape index (κ2) is 6.12. The molecule has 0 saturated heterocycles. The first-order chi connectivity index (χ1) is 7.69. The second-order valence-corrected chi connectivity index (χ2v) is 3.54. The molecule has 88 valence electrons. The predicted molar refractivity (Wildman–Crippen MR) is 61.2 cm³/mol. The van der Waals surface area contributed by atoms with Crippen LogP contribution in [0.5, 0.6) is 5.75 Å². The first kappa shape index (κ1) is 12.5. The molecule has 0 spiro atoms. The molecule has 0 unspecified atom stereocenters. The van der Waals surface area contributed by atoms with E-state index in [2.05, 4.69) is 0 Å². The molecule has 0 atom stereocenters. The molecule has 0 bridgehead atoms. The van der Waals surface area contributed by atoms with E-state index in [1.54, 1.807) is 19.1 Å². The monoisotopic (exact) mass is 223 g/mol. The number of rotatable bonds is 5. The molecule has 1 aromatic rings. The third kappa shape index (κ3) is 3.24. The maximum Gasteiger partial charge on any atom is 0.224 e. The van der Waals surface area contributed by atoms with Gasteiger partial charge in [-0.3, -0.25) is 4.79 Å². The van der Waals surface area contributed by atoms with Crippen LogP contribution >= 0.6 is 0 Å². The van der Waals surface area contributed by atoms with Crippen LogP contribution in [0.15, 0.2) is 24.3 Å². The number of benzene rings is 1. The fourth-order valence-electron chi connectivity index (χ4n) is 1.46. The van der Waals surface area contributed by atoms with Gasteiger partial charge in [-0.2, -0.15) is 0 Å². The number of hydrogen-bond donors (Lipinski definition) is 1. The summed E-state index contributed by atoms with van der Waals surface area (Å²) in [5.74, 6) is 0.694. The third-order valence-corrected chi connectivity index (χ3v) is 2.35. The summed E-state index contributed by atoms with van der Waals surface area (Å²) >= 11 is 0. The SMILES string of the molecule is COc1ccccc1CN(C)C(=O)CCO. The molecule has 16 heavy (non-hydrogen) atoms. The van der Waals surface area contributed by atoms with E-state index >= 15 is 0 Å². The van der Waals surface area contributed by atoms with Gasteiger partial charge in [-0.05, 0) is 6.07 Å². The quantitative estimate of drug-likeness (QED) is 0.811. The second-order valence-electron chi connectivity index (χ2n) is 3.54. The van der Waals surface area contributed by atoms with Crippen molar-refractivity contribution >= 4 is 5.91 Å². The molecular formula is C12H17NO3. The van der Waals surface area contributed by atoms with Crippen LogP contribution in [0.4, 0.5) is 0 Å². The summed E-state index contributed by atoms with van der Waals surface area (Å²) in [7, 11) is 3.32. The van der Waals surface area contributed by atoms with Crippen molar-refractivity contribution in [3.8, 4) is 5.75 Å². The Balaban J connectivity index is 2.68. The van der Waals surface area contributed by atoms with Crippen molar-refractivity contribution < 1.29 is 14.6 Å². The van der Waals surface area contributed by atoms with Crippen LogP contribution in [0.3, 0.4) is 0 Å². The maximum absolute atomic E-state index is 11.5. The van der Waals surface area contributed by atoms with Crippen molar-refractivity contribution in [3.63, 3.8) is 0 Å². The number of methoxy groups -OCH3 is 1. The van der Waals surface area contributed by atoms with Gasteiger partial charge >= 0.3 is 0 Å². The zero-order valence-corrected chi connectivity index (χ0v) is 9.64. The van der Waals surface area contributed by atoms with E-state index < -0.39 is 0 Å². The molecule has 1 N–H and O–H groups in total. The molecule has 4 heteroatoms. The Bertz CT molecular complexity index is 352. The lowest BCUT2D eigenvalue weighted by molar-refractivity contribution is -0.131. The van der Waals surface area contributed by atoms with Crippen LogP contribution in [0.25, 0.3) is 0 Å². The van der Waals surface area contributed by atoms with Crippen molar-refractivity contribution in [2.45, 2.75) is 13.0 Å². The Morgan fingerprint density at radius 1 is 1.44 bits per heavy atom. The highest BCUT2D eigenvalue weighted by molar-refractivity contribution is 5.76. The van der Waals surface area contributed by atoms with E-state index in [4.69, 9.17) is 9.84 Å². The standard InChI is InChI=1S/C12H17NO3/c1-13(12(15)7-8-14)9-10-5-3-4-6-11(10)16-2/h3-6,14H,7-9H2,1-2H3. The Hall–Kier alpha value is -1.55. The van der Waals surface area contributed by atoms with Gasteiger partial charge < -0.3 is 14.7 Å². The number of aliphatic hydroxyl groups excluding tert-OH is 1. The summed E-state index contributed by atoms with van der Waals surface area (Å²) in [5, 5.41) is 8.68. The molecule has 0 aliphatic heterocycles. The lowest BCUT2D eigenvalue weighted by atomic mass is 10.2. The summed E-state index contributed by atoms with van der Waals surface area (Å²) in [4.78, 5) is 13.0. The minimum atomic E-state index is -0.116. The van der Waals surface area contributed by atoms with Gasteiger partial charge in [0, 0.05) is 25.6 Å². The summed E-state index contributed by atoms with van der Waals surface area (Å²) in [6, 6.07) is 7.57. The van der Waals surface area contributed by atoms with Gasteiger partial charge in [-0.25, -0.2) is 0 Å². The molecule has 0 radical (unpaired) electrons. The summed E-state index contributed by atoms with van der Waals surface area (Å²) < 4.78 is 5.20. The van der Waals surface area contributed by atoms with Crippen LogP contribution in [-0.4, -0.2) is 36.7 Å². The minimum absolute atomic E-state index is 0.0755. The topological polar surface area (TPSA) is 49.8 Å². The molecule has 0 aliphatic rings. The highest BCUT2D eigenvalue weighted by Gasteiger charge is 2.10. The van der Waals surface area contributed by atoms with E-state index in [1.807, 2.05) is 24.3 Å². The van der Waals surface area contributed by atoms with E-state index in [0.717, 1.165) is 11.3 Å². The van der Waals surface area contributed by atoms with Gasteiger partial charge in [0.1, 0.15) is 5.75 Å². The van der Waals surface area contributed by atoms with Gasteiger partial charge in [-0.15, -0.1) is 0 Å². The number of aliphatic hydroxyl groups is 1. The van der Waals surface area contributed by atoms with Gasteiger partial charge in [0.05, 0.1) is 13.7 Å². The molecule has 0 aromatic heterocycles. The third-order valence-electron chi connectivity index (χ3n) is 2.35. The summed E-state index contributed by atoms with van der Waals surface area (Å²) in [6.45, 7) is 0.373. The van der Waals surface area contributed by atoms with Gasteiger partial charge in [0.2, 0.25) is 5.91 Å². The number of nitrogens with zero attached hydrogens (tertiary/aromatic N) is 1. The first-order valence-electron chi connectivity index (χ1n) is 5.15. The number of para-hydroxylation sites is 1. The maximum atomic E-state index is 11.5. The number of carbonyl (C=O) groups is 1.